The van der Waals surface area contributed by atoms with Crippen molar-refractivity contribution in [1.29, 1.82) is 0 Å². The van der Waals surface area contributed by atoms with Crippen LogP contribution >= 0.6 is 0 Å². The maximum absolute atomic E-state index is 5.89. The lowest BCUT2D eigenvalue weighted by Crippen LogP contribution is -2.58. The van der Waals surface area contributed by atoms with Crippen molar-refractivity contribution in [3.63, 3.8) is 0 Å². The zero-order valence-electron chi connectivity index (χ0n) is 12.1. The number of anilines is 2. The molecule has 0 amide bonds. The Morgan fingerprint density at radius 1 is 1.50 bits per heavy atom. The van der Waals surface area contributed by atoms with Crippen molar-refractivity contribution in [1.82, 2.24) is 4.98 Å². The van der Waals surface area contributed by atoms with Crippen molar-refractivity contribution in [2.75, 3.05) is 17.7 Å². The number of hydrogen-bond acceptors (Lipinski definition) is 5. The molecule has 3 rings (SSSR count). The van der Waals surface area contributed by atoms with E-state index in [1.807, 2.05) is 25.1 Å². The number of ether oxygens (including phenoxy) is 1. The molecule has 1 heterocycles. The van der Waals surface area contributed by atoms with Gasteiger partial charge in [-0.25, -0.2) is 0 Å². The fourth-order valence-electron chi connectivity index (χ4n) is 2.80. The molecule has 108 valence electrons. The summed E-state index contributed by atoms with van der Waals surface area (Å²) in [4.78, 5) is 4.43. The SMILES string of the molecule is CCOC1CC(Nc2nc3c(N)cccc3o2)C1(C)C. The Morgan fingerprint density at radius 2 is 2.30 bits per heavy atom. The molecule has 3 N–H and O–H groups in total. The molecule has 0 saturated heterocycles. The normalized spacial score (nSPS) is 24.6. The summed E-state index contributed by atoms with van der Waals surface area (Å²) in [6.45, 7) is 7.18. The van der Waals surface area contributed by atoms with Crippen molar-refractivity contribution in [3.05, 3.63) is 18.2 Å². The lowest BCUT2D eigenvalue weighted by atomic mass is 9.64. The first-order chi connectivity index (χ1) is 9.52. The highest BCUT2D eigenvalue weighted by Gasteiger charge is 2.49. The molecule has 1 fully saturated rings. The van der Waals surface area contributed by atoms with Gasteiger partial charge in [0.2, 0.25) is 0 Å². The van der Waals surface area contributed by atoms with Crippen molar-refractivity contribution < 1.29 is 9.15 Å². The molecule has 5 nitrogen and oxygen atoms in total. The average Bonchev–Trinajstić information content (AvgIpc) is 2.82. The highest BCUT2D eigenvalue weighted by atomic mass is 16.5. The second-order valence-corrected chi connectivity index (χ2v) is 5.91. The molecule has 1 aliphatic carbocycles. The number of aromatic nitrogens is 1. The molecule has 20 heavy (non-hydrogen) atoms. The van der Waals surface area contributed by atoms with Crippen LogP contribution < -0.4 is 11.1 Å². The molecule has 0 spiro atoms. The van der Waals surface area contributed by atoms with Crippen LogP contribution in [0.25, 0.3) is 11.1 Å². The zero-order valence-corrected chi connectivity index (χ0v) is 12.1. The Labute approximate surface area is 118 Å². The van der Waals surface area contributed by atoms with Gasteiger partial charge in [-0.1, -0.05) is 19.9 Å². The minimum Gasteiger partial charge on any atom is -0.423 e. The summed E-state index contributed by atoms with van der Waals surface area (Å²) in [5.41, 5.74) is 8.03. The van der Waals surface area contributed by atoms with Crippen molar-refractivity contribution in [3.8, 4) is 0 Å². The predicted molar refractivity (Wildman–Crippen MR) is 79.6 cm³/mol. The van der Waals surface area contributed by atoms with Gasteiger partial charge < -0.3 is 20.2 Å². The van der Waals surface area contributed by atoms with E-state index in [4.69, 9.17) is 14.9 Å². The van der Waals surface area contributed by atoms with Crippen LogP contribution in [0.1, 0.15) is 27.2 Å². The van der Waals surface area contributed by atoms with Gasteiger partial charge in [0.1, 0.15) is 5.52 Å². The highest BCUT2D eigenvalue weighted by molar-refractivity contribution is 5.86. The van der Waals surface area contributed by atoms with E-state index in [1.54, 1.807) is 0 Å². The summed E-state index contributed by atoms with van der Waals surface area (Å²) in [7, 11) is 0. The largest absolute Gasteiger partial charge is 0.423 e. The molecular formula is C15H21N3O2. The third kappa shape index (κ3) is 2.02. The number of benzene rings is 1. The Bertz CT molecular complexity index is 621. The van der Waals surface area contributed by atoms with Crippen LogP contribution in [0.5, 0.6) is 0 Å². The van der Waals surface area contributed by atoms with Crippen LogP contribution in [0.2, 0.25) is 0 Å². The Morgan fingerprint density at radius 3 is 2.95 bits per heavy atom. The van der Waals surface area contributed by atoms with E-state index in [-0.39, 0.29) is 5.41 Å². The molecule has 0 radical (unpaired) electrons. The number of nitrogens with two attached hydrogens (primary N) is 1. The first-order valence-corrected chi connectivity index (χ1v) is 7.05. The van der Waals surface area contributed by atoms with E-state index < -0.39 is 0 Å². The molecule has 0 bridgehead atoms. The Kier molecular flexibility index (Phi) is 3.09. The molecule has 2 atom stereocenters. The van der Waals surface area contributed by atoms with E-state index in [2.05, 4.69) is 24.1 Å². The van der Waals surface area contributed by atoms with Gasteiger partial charge in [-0.2, -0.15) is 4.98 Å². The second-order valence-electron chi connectivity index (χ2n) is 5.91. The van der Waals surface area contributed by atoms with Gasteiger partial charge in [-0.05, 0) is 25.5 Å². The van der Waals surface area contributed by atoms with Crippen molar-refractivity contribution in [2.45, 2.75) is 39.3 Å². The third-order valence-corrected chi connectivity index (χ3v) is 4.29. The van der Waals surface area contributed by atoms with Crippen LogP contribution in [0, 0.1) is 5.41 Å². The molecule has 1 saturated carbocycles. The van der Waals surface area contributed by atoms with Crippen LogP contribution in [0.3, 0.4) is 0 Å². The van der Waals surface area contributed by atoms with E-state index in [0.717, 1.165) is 13.0 Å². The minimum absolute atomic E-state index is 0.0716. The number of nitrogen functional groups attached to an aromatic ring is 1. The number of rotatable bonds is 4. The van der Waals surface area contributed by atoms with E-state index >= 15 is 0 Å². The number of para-hydroxylation sites is 1. The van der Waals surface area contributed by atoms with Gasteiger partial charge in [0.15, 0.2) is 5.58 Å². The van der Waals surface area contributed by atoms with Crippen LogP contribution in [0.4, 0.5) is 11.7 Å². The number of nitrogens with zero attached hydrogens (tertiary/aromatic N) is 1. The van der Waals surface area contributed by atoms with Gasteiger partial charge in [-0.15, -0.1) is 0 Å². The third-order valence-electron chi connectivity index (χ3n) is 4.29. The van der Waals surface area contributed by atoms with E-state index in [0.29, 0.717) is 34.9 Å². The first-order valence-electron chi connectivity index (χ1n) is 7.05. The molecule has 1 aliphatic rings. The summed E-state index contributed by atoms with van der Waals surface area (Å²) in [5, 5.41) is 3.36. The van der Waals surface area contributed by atoms with Gasteiger partial charge in [0, 0.05) is 18.1 Å². The van der Waals surface area contributed by atoms with Crippen LogP contribution in [-0.2, 0) is 4.74 Å². The molecular weight excluding hydrogens is 254 g/mol. The lowest BCUT2D eigenvalue weighted by Gasteiger charge is -2.51. The minimum atomic E-state index is 0.0716. The summed E-state index contributed by atoms with van der Waals surface area (Å²) < 4.78 is 11.4. The van der Waals surface area contributed by atoms with E-state index in [1.165, 1.54) is 0 Å². The smallest absolute Gasteiger partial charge is 0.296 e. The first kappa shape index (κ1) is 13.2. The van der Waals surface area contributed by atoms with Crippen LogP contribution in [-0.4, -0.2) is 23.7 Å². The number of nitrogens with one attached hydrogen (secondary N) is 1. The Hall–Kier alpha value is -1.75. The lowest BCUT2D eigenvalue weighted by molar-refractivity contribution is -0.0980. The summed E-state index contributed by atoms with van der Waals surface area (Å²) in [6, 6.07) is 6.40. The van der Waals surface area contributed by atoms with Gasteiger partial charge in [0.05, 0.1) is 11.8 Å². The molecule has 2 aromatic rings. The maximum Gasteiger partial charge on any atom is 0.296 e. The molecule has 1 aromatic heterocycles. The van der Waals surface area contributed by atoms with Crippen molar-refractivity contribution >= 4 is 22.8 Å². The fourth-order valence-corrected chi connectivity index (χ4v) is 2.80. The quantitative estimate of drug-likeness (QED) is 0.839. The molecule has 5 heteroatoms. The number of fused-ring (bicyclic) bond motifs is 1. The molecule has 0 aliphatic heterocycles. The van der Waals surface area contributed by atoms with Gasteiger partial charge >= 0.3 is 0 Å². The predicted octanol–water partition coefficient (Wildman–Crippen LogP) is 3.03. The Balaban J connectivity index is 1.76. The van der Waals surface area contributed by atoms with E-state index in [9.17, 15) is 0 Å². The standard InChI is InChI=1S/C15H21N3O2/c1-4-19-12-8-11(15(12,2)3)17-14-18-13-9(16)6-5-7-10(13)20-14/h5-7,11-12H,4,8,16H2,1-3H3,(H,17,18). The zero-order chi connectivity index (χ0) is 14.3. The topological polar surface area (TPSA) is 73.3 Å². The van der Waals surface area contributed by atoms with Gasteiger partial charge in [-0.3, -0.25) is 0 Å². The summed E-state index contributed by atoms with van der Waals surface area (Å²) >= 11 is 0. The number of hydrogen-bond donors (Lipinski definition) is 2. The monoisotopic (exact) mass is 275 g/mol. The fraction of sp³-hybridized carbons (Fsp3) is 0.533. The van der Waals surface area contributed by atoms with Gasteiger partial charge in [0.25, 0.3) is 6.01 Å². The molecule has 2 unspecified atom stereocenters. The summed E-state index contributed by atoms with van der Waals surface area (Å²) in [5.74, 6) is 0. The van der Waals surface area contributed by atoms with Crippen molar-refractivity contribution in [2.24, 2.45) is 5.41 Å². The summed E-state index contributed by atoms with van der Waals surface area (Å²) in [6.07, 6.45) is 1.26. The number of oxazole rings is 1. The van der Waals surface area contributed by atoms with Crippen LogP contribution in [0.15, 0.2) is 22.6 Å². The molecule has 1 aromatic carbocycles. The maximum atomic E-state index is 5.89. The average molecular weight is 275 g/mol. The second kappa shape index (κ2) is 4.66. The highest BCUT2D eigenvalue weighted by Crippen LogP contribution is 2.44.